The lowest BCUT2D eigenvalue weighted by Gasteiger charge is -1.96. The number of imidazole rings is 1. The van der Waals surface area contributed by atoms with E-state index in [0.29, 0.717) is 16.5 Å². The van der Waals surface area contributed by atoms with E-state index in [4.69, 9.17) is 11.6 Å². The number of halogens is 1. The second kappa shape index (κ2) is 4.87. The maximum absolute atomic E-state index is 11.6. The van der Waals surface area contributed by atoms with E-state index in [-0.39, 0.29) is 5.91 Å². The van der Waals surface area contributed by atoms with Gasteiger partial charge < -0.3 is 4.98 Å². The Balaban J connectivity index is 1.78. The molecule has 19 heavy (non-hydrogen) atoms. The zero-order valence-electron chi connectivity index (χ0n) is 9.50. The Morgan fingerprint density at radius 2 is 2.53 bits per heavy atom. The molecule has 0 aliphatic rings. The minimum atomic E-state index is -0.316. The van der Waals surface area contributed by atoms with Crippen LogP contribution < -0.4 is 5.43 Å². The molecule has 0 aliphatic heterocycles. The molecule has 0 unspecified atom stereocenters. The number of amides is 1. The molecule has 2 N–H and O–H groups in total. The van der Waals surface area contributed by atoms with Crippen LogP contribution in [0.4, 0.5) is 0 Å². The van der Waals surface area contributed by atoms with Gasteiger partial charge in [0.1, 0.15) is 11.4 Å². The third kappa shape index (κ3) is 2.25. The molecule has 0 aromatic carbocycles. The summed E-state index contributed by atoms with van der Waals surface area (Å²) >= 11 is 7.46. The molecule has 0 saturated heterocycles. The Bertz CT molecular complexity index is 742. The normalized spacial score (nSPS) is 11.4. The van der Waals surface area contributed by atoms with Crippen molar-refractivity contribution >= 4 is 40.0 Å². The fourth-order valence-electron chi connectivity index (χ4n) is 1.58. The number of H-pyrrole nitrogens is 1. The smallest absolute Gasteiger partial charge is 0.287 e. The van der Waals surface area contributed by atoms with Crippen molar-refractivity contribution in [3.05, 3.63) is 46.4 Å². The third-order valence-electron chi connectivity index (χ3n) is 2.45. The van der Waals surface area contributed by atoms with Crippen LogP contribution in [0.3, 0.4) is 0 Å². The zero-order valence-corrected chi connectivity index (χ0v) is 11.1. The Kier molecular flexibility index (Phi) is 3.06. The van der Waals surface area contributed by atoms with Crippen molar-refractivity contribution in [1.82, 2.24) is 19.8 Å². The molecule has 3 rings (SSSR count). The van der Waals surface area contributed by atoms with E-state index in [1.54, 1.807) is 22.7 Å². The summed E-state index contributed by atoms with van der Waals surface area (Å²) in [6.45, 7) is 0. The minimum Gasteiger partial charge on any atom is -0.357 e. The second-order valence-electron chi connectivity index (χ2n) is 3.63. The predicted octanol–water partition coefficient (Wildman–Crippen LogP) is 2.14. The number of thiazole rings is 1. The zero-order chi connectivity index (χ0) is 13.2. The first kappa shape index (κ1) is 11.9. The number of aromatic amines is 1. The van der Waals surface area contributed by atoms with Gasteiger partial charge in [-0.1, -0.05) is 11.6 Å². The van der Waals surface area contributed by atoms with E-state index >= 15 is 0 Å². The summed E-state index contributed by atoms with van der Waals surface area (Å²) < 4.78 is 1.80. The van der Waals surface area contributed by atoms with Gasteiger partial charge in [-0.15, -0.1) is 11.3 Å². The molecule has 3 aromatic heterocycles. The lowest BCUT2D eigenvalue weighted by molar-refractivity contribution is 0.0951. The average molecular weight is 294 g/mol. The van der Waals surface area contributed by atoms with Gasteiger partial charge in [-0.25, -0.2) is 10.4 Å². The molecule has 0 aliphatic carbocycles. The average Bonchev–Trinajstić information content (AvgIpc) is 3.08. The Morgan fingerprint density at radius 1 is 1.63 bits per heavy atom. The quantitative estimate of drug-likeness (QED) is 0.573. The molecule has 8 heteroatoms. The highest BCUT2D eigenvalue weighted by Crippen LogP contribution is 2.19. The summed E-state index contributed by atoms with van der Waals surface area (Å²) in [6, 6.07) is 3.40. The number of carbonyl (C=O) groups is 1. The summed E-state index contributed by atoms with van der Waals surface area (Å²) in [5, 5.41) is 6.12. The lowest BCUT2D eigenvalue weighted by atomic mass is 10.4. The van der Waals surface area contributed by atoms with Crippen LogP contribution in [0.2, 0.25) is 5.15 Å². The number of hydrazone groups is 1. The summed E-state index contributed by atoms with van der Waals surface area (Å²) in [6.07, 6.45) is 4.98. The van der Waals surface area contributed by atoms with E-state index in [2.05, 4.69) is 20.5 Å². The number of carbonyl (C=O) groups excluding carboxylic acids is 1. The van der Waals surface area contributed by atoms with Gasteiger partial charge in [0.2, 0.25) is 0 Å². The monoisotopic (exact) mass is 293 g/mol. The van der Waals surface area contributed by atoms with E-state index in [1.165, 1.54) is 17.6 Å². The van der Waals surface area contributed by atoms with E-state index < -0.39 is 0 Å². The number of hydrogen-bond donors (Lipinski definition) is 2. The van der Waals surface area contributed by atoms with Gasteiger partial charge in [0.05, 0.1) is 6.21 Å². The van der Waals surface area contributed by atoms with Gasteiger partial charge in [-0.3, -0.25) is 9.20 Å². The van der Waals surface area contributed by atoms with Crippen molar-refractivity contribution in [2.24, 2.45) is 5.10 Å². The van der Waals surface area contributed by atoms with Crippen LogP contribution in [-0.2, 0) is 0 Å². The molecule has 0 spiro atoms. The summed E-state index contributed by atoms with van der Waals surface area (Å²) in [7, 11) is 0. The maximum Gasteiger partial charge on any atom is 0.287 e. The standard InChI is InChI=1S/C11H8ClN5OS/c12-9-8(17-4-5-19-11(17)15-9)6-14-16-10(18)7-2-1-3-13-7/h1-6,13H,(H,16,18)/b14-6-. The molecule has 3 heterocycles. The third-order valence-corrected chi connectivity index (χ3v) is 3.48. The number of rotatable bonds is 3. The van der Waals surface area contributed by atoms with Gasteiger partial charge in [0, 0.05) is 17.8 Å². The Labute approximate surface area is 116 Å². The van der Waals surface area contributed by atoms with Crippen LogP contribution in [-0.4, -0.2) is 26.5 Å². The van der Waals surface area contributed by atoms with Crippen molar-refractivity contribution in [2.75, 3.05) is 0 Å². The highest BCUT2D eigenvalue weighted by molar-refractivity contribution is 7.15. The first-order valence-corrected chi connectivity index (χ1v) is 6.59. The number of nitrogens with zero attached hydrogens (tertiary/aromatic N) is 3. The molecule has 6 nitrogen and oxygen atoms in total. The molecule has 0 radical (unpaired) electrons. The van der Waals surface area contributed by atoms with Crippen molar-refractivity contribution in [3.8, 4) is 0 Å². The number of hydrogen-bond acceptors (Lipinski definition) is 4. The van der Waals surface area contributed by atoms with Crippen LogP contribution in [0, 0.1) is 0 Å². The minimum absolute atomic E-state index is 0.316. The van der Waals surface area contributed by atoms with Crippen molar-refractivity contribution in [1.29, 1.82) is 0 Å². The van der Waals surface area contributed by atoms with Gasteiger partial charge >= 0.3 is 0 Å². The van der Waals surface area contributed by atoms with Gasteiger partial charge in [0.25, 0.3) is 5.91 Å². The largest absolute Gasteiger partial charge is 0.357 e. The van der Waals surface area contributed by atoms with E-state index in [0.717, 1.165) is 4.96 Å². The molecule has 96 valence electrons. The van der Waals surface area contributed by atoms with Crippen molar-refractivity contribution < 1.29 is 4.79 Å². The first-order valence-electron chi connectivity index (χ1n) is 5.33. The summed E-state index contributed by atoms with van der Waals surface area (Å²) in [4.78, 5) is 19.4. The number of fused-ring (bicyclic) bond motifs is 1. The van der Waals surface area contributed by atoms with Crippen LogP contribution in [0.1, 0.15) is 16.2 Å². The predicted molar refractivity (Wildman–Crippen MR) is 73.9 cm³/mol. The van der Waals surface area contributed by atoms with Crippen LogP contribution >= 0.6 is 22.9 Å². The molecule has 0 bridgehead atoms. The second-order valence-corrected chi connectivity index (χ2v) is 4.86. The maximum atomic E-state index is 11.6. The van der Waals surface area contributed by atoms with Crippen molar-refractivity contribution in [2.45, 2.75) is 0 Å². The van der Waals surface area contributed by atoms with Gasteiger partial charge in [-0.2, -0.15) is 5.10 Å². The Morgan fingerprint density at radius 3 is 3.32 bits per heavy atom. The van der Waals surface area contributed by atoms with E-state index in [9.17, 15) is 4.79 Å². The van der Waals surface area contributed by atoms with E-state index in [1.807, 2.05) is 11.6 Å². The number of nitrogens with one attached hydrogen (secondary N) is 2. The van der Waals surface area contributed by atoms with Gasteiger partial charge in [0.15, 0.2) is 10.1 Å². The molecule has 1 amide bonds. The first-order chi connectivity index (χ1) is 9.25. The lowest BCUT2D eigenvalue weighted by Crippen LogP contribution is -2.18. The van der Waals surface area contributed by atoms with Gasteiger partial charge in [-0.05, 0) is 12.1 Å². The SMILES string of the molecule is O=C(N/N=C\c1c(Cl)nc2sccn12)c1ccc[nH]1. The molecule has 0 fully saturated rings. The highest BCUT2D eigenvalue weighted by Gasteiger charge is 2.09. The molecule has 0 saturated carbocycles. The van der Waals surface area contributed by atoms with Crippen LogP contribution in [0.5, 0.6) is 0 Å². The molecule has 0 atom stereocenters. The summed E-state index contributed by atoms with van der Waals surface area (Å²) in [5.41, 5.74) is 3.48. The summed E-state index contributed by atoms with van der Waals surface area (Å²) in [5.74, 6) is -0.316. The molecule has 3 aromatic rings. The molecular weight excluding hydrogens is 286 g/mol. The van der Waals surface area contributed by atoms with Crippen LogP contribution in [0.15, 0.2) is 35.0 Å². The highest BCUT2D eigenvalue weighted by atomic mass is 35.5. The van der Waals surface area contributed by atoms with Crippen LogP contribution in [0.25, 0.3) is 4.96 Å². The number of aromatic nitrogens is 3. The Hall–Kier alpha value is -2.12. The van der Waals surface area contributed by atoms with Crippen molar-refractivity contribution in [3.63, 3.8) is 0 Å². The molecular formula is C11H8ClN5OS. The topological polar surface area (TPSA) is 74.6 Å². The fourth-order valence-corrected chi connectivity index (χ4v) is 2.57. The fraction of sp³-hybridized carbons (Fsp3) is 0.